The predicted octanol–water partition coefficient (Wildman–Crippen LogP) is 5.27. The summed E-state index contributed by atoms with van der Waals surface area (Å²) in [6.07, 6.45) is 17.5. The van der Waals surface area contributed by atoms with E-state index in [0.717, 1.165) is 6.42 Å². The van der Waals surface area contributed by atoms with Gasteiger partial charge in [0.15, 0.2) is 0 Å². The van der Waals surface area contributed by atoms with Gasteiger partial charge in [-0.3, -0.25) is 0 Å². The van der Waals surface area contributed by atoms with Crippen molar-refractivity contribution >= 4 is 0 Å². The lowest BCUT2D eigenvalue weighted by atomic mass is 10.0. The predicted molar refractivity (Wildman–Crippen MR) is 78.7 cm³/mol. The molecular formula is C16H32O4. The van der Waals surface area contributed by atoms with Gasteiger partial charge in [0.05, 0.1) is 0 Å². The van der Waals surface area contributed by atoms with Gasteiger partial charge in [0.2, 0.25) is 0 Å². The molecule has 1 unspecified atom stereocenters. The van der Waals surface area contributed by atoms with Gasteiger partial charge >= 0.3 is 0 Å². The van der Waals surface area contributed by atoms with Crippen LogP contribution in [0.1, 0.15) is 90.4 Å². The lowest BCUT2D eigenvalue weighted by molar-refractivity contribution is -0.676. The molecule has 1 atom stereocenters. The minimum Gasteiger partial charge on any atom is -0.201 e. The molecule has 1 rings (SSSR count). The molecule has 1 saturated heterocycles. The van der Waals surface area contributed by atoms with Crippen molar-refractivity contribution in [2.75, 3.05) is 6.61 Å². The van der Waals surface area contributed by atoms with Gasteiger partial charge in [-0.1, -0.05) is 84.0 Å². The summed E-state index contributed by atoms with van der Waals surface area (Å²) in [5.74, 6) is 0. The smallest absolute Gasteiger partial charge is 0.123 e. The Morgan fingerprint density at radius 1 is 0.700 bits per heavy atom. The van der Waals surface area contributed by atoms with Crippen molar-refractivity contribution in [2.45, 2.75) is 96.5 Å². The molecule has 0 aromatic carbocycles. The van der Waals surface area contributed by atoms with E-state index in [4.69, 9.17) is 9.78 Å². The highest BCUT2D eigenvalue weighted by molar-refractivity contribution is 4.56. The summed E-state index contributed by atoms with van der Waals surface area (Å²) < 4.78 is 0. The second-order valence-electron chi connectivity index (χ2n) is 5.82. The molecule has 0 amide bonds. The maximum absolute atomic E-state index is 4.93. The molecular weight excluding hydrogens is 256 g/mol. The molecule has 0 aliphatic carbocycles. The quantitative estimate of drug-likeness (QED) is 0.342. The average molecular weight is 288 g/mol. The fourth-order valence-electron chi connectivity index (χ4n) is 2.57. The first-order valence-corrected chi connectivity index (χ1v) is 8.55. The van der Waals surface area contributed by atoms with Gasteiger partial charge in [-0.15, -0.1) is 0 Å². The summed E-state index contributed by atoms with van der Waals surface area (Å²) in [4.78, 5) is 9.62. The molecule has 0 radical (unpaired) electrons. The lowest BCUT2D eigenvalue weighted by Crippen LogP contribution is -2.25. The molecule has 120 valence electrons. The van der Waals surface area contributed by atoms with Gasteiger partial charge < -0.3 is 0 Å². The number of rotatable bonds is 13. The van der Waals surface area contributed by atoms with Crippen molar-refractivity contribution in [3.8, 4) is 0 Å². The molecule has 1 heterocycles. The van der Waals surface area contributed by atoms with E-state index < -0.39 is 0 Å². The topological polar surface area (TPSA) is 36.9 Å². The Morgan fingerprint density at radius 3 is 1.75 bits per heavy atom. The summed E-state index contributed by atoms with van der Waals surface area (Å²) >= 11 is 0. The van der Waals surface area contributed by atoms with Crippen molar-refractivity contribution in [2.24, 2.45) is 0 Å². The molecule has 20 heavy (non-hydrogen) atoms. The third-order valence-electron chi connectivity index (χ3n) is 3.88. The minimum atomic E-state index is 0.0341. The maximum Gasteiger partial charge on any atom is 0.123 e. The molecule has 0 N–H and O–H groups in total. The highest BCUT2D eigenvalue weighted by Gasteiger charge is 2.16. The molecule has 0 aromatic heterocycles. The van der Waals surface area contributed by atoms with E-state index in [1.807, 2.05) is 0 Å². The Bertz CT molecular complexity index is 193. The normalized spacial score (nSPS) is 19.4. The summed E-state index contributed by atoms with van der Waals surface area (Å²) in [5, 5.41) is 8.51. The summed E-state index contributed by atoms with van der Waals surface area (Å²) in [5.41, 5.74) is 0. The molecule has 4 nitrogen and oxygen atoms in total. The first kappa shape index (κ1) is 17.9. The van der Waals surface area contributed by atoms with Crippen LogP contribution in [0.4, 0.5) is 0 Å². The zero-order valence-corrected chi connectivity index (χ0v) is 13.1. The summed E-state index contributed by atoms with van der Waals surface area (Å²) in [6, 6.07) is 0. The van der Waals surface area contributed by atoms with Crippen LogP contribution in [0.25, 0.3) is 0 Å². The number of hydrogen-bond donors (Lipinski definition) is 0. The summed E-state index contributed by atoms with van der Waals surface area (Å²) in [6.45, 7) is 2.74. The summed E-state index contributed by atoms with van der Waals surface area (Å²) in [7, 11) is 0. The van der Waals surface area contributed by atoms with Gasteiger partial charge in [0.25, 0.3) is 0 Å². The zero-order chi connectivity index (χ0) is 14.3. The fraction of sp³-hybridized carbons (Fsp3) is 1.00. The second-order valence-corrected chi connectivity index (χ2v) is 5.82. The molecule has 0 aromatic rings. The van der Waals surface area contributed by atoms with E-state index in [-0.39, 0.29) is 6.10 Å². The Hall–Kier alpha value is -0.160. The van der Waals surface area contributed by atoms with Gasteiger partial charge in [-0.25, -0.2) is 4.89 Å². The van der Waals surface area contributed by atoms with E-state index in [9.17, 15) is 0 Å². The van der Waals surface area contributed by atoms with E-state index >= 15 is 0 Å². The standard InChI is InChI=1S/C16H32O4/c1-2-3-4-5-6-7-8-9-10-11-12-13-14-16-15-17-19-20-18-16/h16H,2-15H2,1H3. The van der Waals surface area contributed by atoms with Crippen molar-refractivity contribution in [3.63, 3.8) is 0 Å². The fourth-order valence-corrected chi connectivity index (χ4v) is 2.57. The first-order chi connectivity index (χ1) is 9.93. The van der Waals surface area contributed by atoms with Crippen molar-refractivity contribution in [1.82, 2.24) is 0 Å². The lowest BCUT2D eigenvalue weighted by Gasteiger charge is -2.18. The molecule has 0 bridgehead atoms. The van der Waals surface area contributed by atoms with Gasteiger partial charge in [-0.05, 0) is 16.5 Å². The second kappa shape index (κ2) is 13.8. The Balaban J connectivity index is 1.70. The van der Waals surface area contributed by atoms with Crippen molar-refractivity contribution in [1.29, 1.82) is 0 Å². The van der Waals surface area contributed by atoms with Crippen LogP contribution in [0.2, 0.25) is 0 Å². The maximum atomic E-state index is 4.93. The van der Waals surface area contributed by atoms with Crippen LogP contribution in [-0.2, 0) is 19.9 Å². The Labute approximate surface area is 123 Å². The van der Waals surface area contributed by atoms with E-state index in [0.29, 0.717) is 6.61 Å². The molecule has 4 heteroatoms. The molecule has 1 aliphatic rings. The van der Waals surface area contributed by atoms with Crippen LogP contribution in [0.15, 0.2) is 0 Å². The number of unbranched alkanes of at least 4 members (excludes halogenated alkanes) is 11. The van der Waals surface area contributed by atoms with Crippen molar-refractivity contribution in [3.05, 3.63) is 0 Å². The van der Waals surface area contributed by atoms with E-state index in [1.54, 1.807) is 0 Å². The van der Waals surface area contributed by atoms with Crippen LogP contribution < -0.4 is 0 Å². The Kier molecular flexibility index (Phi) is 12.3. The SMILES string of the molecule is CCCCCCCCCCCCCCC1COOOO1. The minimum absolute atomic E-state index is 0.0341. The highest BCUT2D eigenvalue weighted by Crippen LogP contribution is 2.15. The van der Waals surface area contributed by atoms with Gasteiger partial charge in [0.1, 0.15) is 12.7 Å². The van der Waals surface area contributed by atoms with Crippen LogP contribution in [0.5, 0.6) is 0 Å². The molecule has 0 saturated carbocycles. The highest BCUT2D eigenvalue weighted by atomic mass is 17.7. The zero-order valence-electron chi connectivity index (χ0n) is 13.1. The van der Waals surface area contributed by atoms with E-state index in [1.165, 1.54) is 77.0 Å². The van der Waals surface area contributed by atoms with Crippen molar-refractivity contribution < 1.29 is 19.9 Å². The average Bonchev–Trinajstić information content (AvgIpc) is 2.49. The third-order valence-corrected chi connectivity index (χ3v) is 3.88. The molecule has 0 spiro atoms. The first-order valence-electron chi connectivity index (χ1n) is 8.55. The van der Waals surface area contributed by atoms with Gasteiger partial charge in [-0.2, -0.15) is 4.89 Å². The largest absolute Gasteiger partial charge is 0.201 e. The van der Waals surface area contributed by atoms with Gasteiger partial charge in [0, 0.05) is 0 Å². The molecule has 1 aliphatic heterocycles. The number of hydrogen-bond acceptors (Lipinski definition) is 4. The molecule has 1 fully saturated rings. The van der Waals surface area contributed by atoms with Crippen LogP contribution in [0, 0.1) is 0 Å². The van der Waals surface area contributed by atoms with Crippen LogP contribution in [0.3, 0.4) is 0 Å². The van der Waals surface area contributed by atoms with E-state index in [2.05, 4.69) is 17.0 Å². The monoisotopic (exact) mass is 288 g/mol. The van der Waals surface area contributed by atoms with Crippen LogP contribution in [-0.4, -0.2) is 12.7 Å². The Morgan fingerprint density at radius 2 is 1.25 bits per heavy atom. The third kappa shape index (κ3) is 10.6. The van der Waals surface area contributed by atoms with Crippen LogP contribution >= 0.6 is 0 Å².